The van der Waals surface area contributed by atoms with Crippen LogP contribution in [-0.4, -0.2) is 48.6 Å². The molecule has 1 saturated heterocycles. The zero-order valence-electron chi connectivity index (χ0n) is 10.6. The van der Waals surface area contributed by atoms with Crippen molar-refractivity contribution in [3.8, 4) is 0 Å². The third-order valence-electron chi connectivity index (χ3n) is 3.50. The number of nitrogens with one attached hydrogen (secondary N) is 1. The summed E-state index contributed by atoms with van der Waals surface area (Å²) in [6.45, 7) is 4.13. The third kappa shape index (κ3) is 2.29. The number of rotatable bonds is 4. The van der Waals surface area contributed by atoms with Gasteiger partial charge in [-0.05, 0) is 32.6 Å². The van der Waals surface area contributed by atoms with E-state index in [0.29, 0.717) is 12.5 Å². The molecule has 1 aliphatic heterocycles. The van der Waals surface area contributed by atoms with Crippen LogP contribution in [0.3, 0.4) is 0 Å². The van der Waals surface area contributed by atoms with E-state index in [1.165, 1.54) is 0 Å². The Morgan fingerprint density at radius 3 is 2.65 bits per heavy atom. The second-order valence-electron chi connectivity index (χ2n) is 5.06. The molecule has 2 amide bonds. The molecule has 0 spiro atoms. The maximum atomic E-state index is 12.2. The monoisotopic (exact) mass is 240 g/mol. The molecule has 1 aliphatic carbocycles. The summed E-state index contributed by atoms with van der Waals surface area (Å²) >= 11 is 0. The minimum absolute atomic E-state index is 0.00560. The molecule has 5 nitrogen and oxygen atoms in total. The van der Waals surface area contributed by atoms with Crippen LogP contribution in [0.2, 0.25) is 0 Å². The number of ether oxygens (including phenoxy) is 1. The molecule has 1 saturated carbocycles. The van der Waals surface area contributed by atoms with Gasteiger partial charge in [0, 0.05) is 7.11 Å². The van der Waals surface area contributed by atoms with E-state index in [4.69, 9.17) is 4.74 Å². The van der Waals surface area contributed by atoms with Crippen LogP contribution in [0.5, 0.6) is 0 Å². The van der Waals surface area contributed by atoms with Gasteiger partial charge >= 0.3 is 0 Å². The van der Waals surface area contributed by atoms with Crippen molar-refractivity contribution in [3.05, 3.63) is 0 Å². The molecule has 5 heteroatoms. The highest BCUT2D eigenvalue weighted by Gasteiger charge is 2.48. The minimum Gasteiger partial charge on any atom is -0.383 e. The van der Waals surface area contributed by atoms with Crippen LogP contribution in [-0.2, 0) is 14.3 Å². The lowest BCUT2D eigenvalue weighted by Crippen LogP contribution is -2.65. The first-order valence-electron chi connectivity index (χ1n) is 6.17. The molecule has 17 heavy (non-hydrogen) atoms. The van der Waals surface area contributed by atoms with Crippen LogP contribution in [0.4, 0.5) is 0 Å². The van der Waals surface area contributed by atoms with Crippen LogP contribution in [0, 0.1) is 5.92 Å². The lowest BCUT2D eigenvalue weighted by molar-refractivity contribution is -0.153. The van der Waals surface area contributed by atoms with Gasteiger partial charge in [0.25, 0.3) is 0 Å². The molecular formula is C12H20N2O3. The second kappa shape index (κ2) is 4.64. The van der Waals surface area contributed by atoms with Gasteiger partial charge < -0.3 is 15.0 Å². The molecule has 96 valence electrons. The second-order valence-corrected chi connectivity index (χ2v) is 5.06. The van der Waals surface area contributed by atoms with Gasteiger partial charge in [-0.25, -0.2) is 0 Å². The zero-order chi connectivity index (χ0) is 12.6. The maximum Gasteiger partial charge on any atom is 0.245 e. The molecule has 0 aromatic rings. The zero-order valence-corrected chi connectivity index (χ0v) is 10.6. The Bertz CT molecular complexity index is 328. The highest BCUT2D eigenvalue weighted by Crippen LogP contribution is 2.37. The van der Waals surface area contributed by atoms with Gasteiger partial charge in [-0.1, -0.05) is 0 Å². The lowest BCUT2D eigenvalue weighted by atomic mass is 10.0. The average molecular weight is 240 g/mol. The topological polar surface area (TPSA) is 58.6 Å². The van der Waals surface area contributed by atoms with Gasteiger partial charge in [-0.2, -0.15) is 0 Å². The Labute approximate surface area is 101 Å². The molecule has 2 fully saturated rings. The van der Waals surface area contributed by atoms with Crippen LogP contribution >= 0.6 is 0 Å². The molecule has 2 rings (SSSR count). The van der Waals surface area contributed by atoms with E-state index in [0.717, 1.165) is 12.8 Å². The number of carbonyl (C=O) groups excluding carboxylic acids is 2. The van der Waals surface area contributed by atoms with Crippen LogP contribution < -0.4 is 5.32 Å². The Morgan fingerprint density at radius 1 is 1.47 bits per heavy atom. The van der Waals surface area contributed by atoms with Crippen molar-refractivity contribution in [1.82, 2.24) is 10.2 Å². The molecule has 2 aliphatic rings. The number of hydrogen-bond acceptors (Lipinski definition) is 3. The van der Waals surface area contributed by atoms with Crippen LogP contribution in [0.25, 0.3) is 0 Å². The predicted octanol–water partition coefficient (Wildman–Crippen LogP) is 0.147. The van der Waals surface area contributed by atoms with E-state index in [1.54, 1.807) is 18.9 Å². The van der Waals surface area contributed by atoms with E-state index >= 15 is 0 Å². The van der Waals surface area contributed by atoms with Gasteiger partial charge in [-0.15, -0.1) is 0 Å². The quantitative estimate of drug-likeness (QED) is 0.761. The van der Waals surface area contributed by atoms with Crippen molar-refractivity contribution in [3.63, 3.8) is 0 Å². The first-order valence-corrected chi connectivity index (χ1v) is 6.17. The van der Waals surface area contributed by atoms with Gasteiger partial charge in [0.05, 0.1) is 12.6 Å². The number of carbonyl (C=O) groups is 2. The van der Waals surface area contributed by atoms with Crippen molar-refractivity contribution >= 4 is 11.8 Å². The number of piperazine rings is 1. The van der Waals surface area contributed by atoms with Crippen LogP contribution in [0.15, 0.2) is 0 Å². The highest BCUT2D eigenvalue weighted by molar-refractivity contribution is 5.97. The summed E-state index contributed by atoms with van der Waals surface area (Å²) in [6.07, 6.45) is 2.08. The highest BCUT2D eigenvalue weighted by atomic mass is 16.5. The SMILES string of the molecule is COCC(C)N1C(=O)C(C)NC(=O)C1C1CC1. The smallest absolute Gasteiger partial charge is 0.245 e. The third-order valence-corrected chi connectivity index (χ3v) is 3.50. The van der Waals surface area contributed by atoms with E-state index in [1.807, 2.05) is 6.92 Å². The van der Waals surface area contributed by atoms with Crippen molar-refractivity contribution in [2.24, 2.45) is 5.92 Å². The summed E-state index contributed by atoms with van der Waals surface area (Å²) in [6, 6.07) is -0.757. The number of hydrogen-bond donors (Lipinski definition) is 1. The van der Waals surface area contributed by atoms with E-state index in [9.17, 15) is 9.59 Å². The van der Waals surface area contributed by atoms with E-state index in [-0.39, 0.29) is 23.9 Å². The summed E-state index contributed by atoms with van der Waals surface area (Å²) in [5, 5.41) is 2.76. The Morgan fingerprint density at radius 2 is 2.12 bits per heavy atom. The van der Waals surface area contributed by atoms with Gasteiger partial charge in [0.2, 0.25) is 11.8 Å². The minimum atomic E-state index is -0.420. The number of amides is 2. The largest absolute Gasteiger partial charge is 0.383 e. The molecule has 0 radical (unpaired) electrons. The lowest BCUT2D eigenvalue weighted by Gasteiger charge is -2.41. The predicted molar refractivity (Wildman–Crippen MR) is 62.3 cm³/mol. The van der Waals surface area contributed by atoms with Crippen molar-refractivity contribution in [2.75, 3.05) is 13.7 Å². The Hall–Kier alpha value is -1.10. The fourth-order valence-electron chi connectivity index (χ4n) is 2.51. The average Bonchev–Trinajstić information content (AvgIpc) is 3.07. The molecule has 1 N–H and O–H groups in total. The standard InChI is InChI=1S/C12H20N2O3/c1-7(6-17-3)14-10(9-4-5-9)11(15)13-8(2)12(14)16/h7-10H,4-6H2,1-3H3,(H,13,15). The molecule has 0 aromatic heterocycles. The normalized spacial score (nSPS) is 31.4. The van der Waals surface area contributed by atoms with Gasteiger partial charge in [0.15, 0.2) is 0 Å². The van der Waals surface area contributed by atoms with Crippen molar-refractivity contribution in [2.45, 2.75) is 44.8 Å². The van der Waals surface area contributed by atoms with Crippen molar-refractivity contribution < 1.29 is 14.3 Å². The molecule has 3 unspecified atom stereocenters. The molecule has 3 atom stereocenters. The summed E-state index contributed by atoms with van der Waals surface area (Å²) in [4.78, 5) is 25.9. The van der Waals surface area contributed by atoms with E-state index in [2.05, 4.69) is 5.32 Å². The first kappa shape index (κ1) is 12.4. The fourth-order valence-corrected chi connectivity index (χ4v) is 2.51. The fraction of sp³-hybridized carbons (Fsp3) is 0.833. The Balaban J connectivity index is 2.20. The summed E-state index contributed by atoms with van der Waals surface area (Å²) in [5.41, 5.74) is 0. The number of nitrogens with zero attached hydrogens (tertiary/aromatic N) is 1. The van der Waals surface area contributed by atoms with Crippen molar-refractivity contribution in [1.29, 1.82) is 0 Å². The molecular weight excluding hydrogens is 220 g/mol. The summed E-state index contributed by atoms with van der Waals surface area (Å²) in [7, 11) is 1.61. The van der Waals surface area contributed by atoms with Gasteiger partial charge in [0.1, 0.15) is 12.1 Å². The molecule has 0 aromatic carbocycles. The Kier molecular flexibility index (Phi) is 3.38. The molecule has 1 heterocycles. The van der Waals surface area contributed by atoms with Gasteiger partial charge in [-0.3, -0.25) is 9.59 Å². The number of methoxy groups -OCH3 is 1. The first-order chi connectivity index (χ1) is 8.06. The van der Waals surface area contributed by atoms with Crippen LogP contribution in [0.1, 0.15) is 26.7 Å². The maximum absolute atomic E-state index is 12.2. The molecule has 0 bridgehead atoms. The summed E-state index contributed by atoms with van der Waals surface area (Å²) < 4.78 is 5.10. The summed E-state index contributed by atoms with van der Waals surface area (Å²) in [5.74, 6) is 0.333. The van der Waals surface area contributed by atoms with E-state index < -0.39 is 6.04 Å².